The van der Waals surface area contributed by atoms with Gasteiger partial charge < -0.3 is 10.2 Å². The lowest BCUT2D eigenvalue weighted by Gasteiger charge is -2.31. The van der Waals surface area contributed by atoms with Crippen molar-refractivity contribution in [1.82, 2.24) is 10.3 Å². The molecule has 3 nitrogen and oxygen atoms in total. The Labute approximate surface area is 118 Å². The van der Waals surface area contributed by atoms with Crippen LogP contribution in [0, 0.1) is 13.8 Å². The van der Waals surface area contributed by atoms with Crippen LogP contribution in [-0.2, 0) is 0 Å². The first kappa shape index (κ1) is 12.7. The van der Waals surface area contributed by atoms with Gasteiger partial charge in [0.2, 0.25) is 0 Å². The van der Waals surface area contributed by atoms with Crippen molar-refractivity contribution in [1.29, 1.82) is 0 Å². The highest BCUT2D eigenvalue weighted by molar-refractivity contribution is 6.34. The normalized spacial score (nSPS) is 16.1. The Kier molecular flexibility index (Phi) is 3.33. The number of pyridine rings is 1. The van der Waals surface area contributed by atoms with Gasteiger partial charge in [-0.2, -0.15) is 0 Å². The van der Waals surface area contributed by atoms with Gasteiger partial charge in [-0.25, -0.2) is 0 Å². The van der Waals surface area contributed by atoms with E-state index in [1.54, 1.807) is 6.20 Å². The Balaban J connectivity index is 2.20. The summed E-state index contributed by atoms with van der Waals surface area (Å²) < 4.78 is 0. The summed E-state index contributed by atoms with van der Waals surface area (Å²) in [5, 5.41) is 5.28. The average molecular weight is 276 g/mol. The molecule has 1 N–H and O–H groups in total. The van der Waals surface area contributed by atoms with Crippen LogP contribution in [0.15, 0.2) is 18.3 Å². The number of halogens is 1. The molecule has 2 aromatic rings. The minimum Gasteiger partial charge on any atom is -0.367 e. The number of benzene rings is 1. The zero-order valence-corrected chi connectivity index (χ0v) is 12.1. The molecular formula is C15H18ClN3. The largest absolute Gasteiger partial charge is 0.367 e. The molecule has 1 aliphatic rings. The smallest absolute Gasteiger partial charge is 0.0829 e. The first-order valence-electron chi connectivity index (χ1n) is 6.68. The zero-order valence-electron chi connectivity index (χ0n) is 11.3. The fourth-order valence-corrected chi connectivity index (χ4v) is 2.89. The second kappa shape index (κ2) is 4.99. The van der Waals surface area contributed by atoms with Gasteiger partial charge in [-0.05, 0) is 37.1 Å². The number of rotatable bonds is 1. The molecule has 0 saturated carbocycles. The van der Waals surface area contributed by atoms with E-state index in [1.807, 2.05) is 0 Å². The molecule has 100 valence electrons. The molecule has 0 bridgehead atoms. The van der Waals surface area contributed by atoms with Gasteiger partial charge in [-0.1, -0.05) is 11.6 Å². The molecule has 1 aromatic carbocycles. The van der Waals surface area contributed by atoms with E-state index in [0.717, 1.165) is 47.8 Å². The van der Waals surface area contributed by atoms with Crippen LogP contribution >= 0.6 is 11.6 Å². The van der Waals surface area contributed by atoms with Crippen molar-refractivity contribution in [2.24, 2.45) is 0 Å². The number of anilines is 1. The molecule has 1 aromatic heterocycles. The third-order valence-electron chi connectivity index (χ3n) is 3.84. The lowest BCUT2D eigenvalue weighted by atomic mass is 10.0. The van der Waals surface area contributed by atoms with E-state index in [9.17, 15) is 0 Å². The van der Waals surface area contributed by atoms with Gasteiger partial charge in [0.25, 0.3) is 0 Å². The molecule has 19 heavy (non-hydrogen) atoms. The van der Waals surface area contributed by atoms with Crippen LogP contribution in [-0.4, -0.2) is 31.2 Å². The van der Waals surface area contributed by atoms with Crippen LogP contribution in [0.5, 0.6) is 0 Å². The summed E-state index contributed by atoms with van der Waals surface area (Å²) in [7, 11) is 0. The third-order valence-corrected chi connectivity index (χ3v) is 4.12. The van der Waals surface area contributed by atoms with Gasteiger partial charge in [0.1, 0.15) is 0 Å². The molecule has 1 fully saturated rings. The molecule has 3 rings (SSSR count). The van der Waals surface area contributed by atoms with Crippen molar-refractivity contribution >= 4 is 28.2 Å². The van der Waals surface area contributed by atoms with E-state index < -0.39 is 0 Å². The maximum atomic E-state index is 6.40. The summed E-state index contributed by atoms with van der Waals surface area (Å²) in [5.74, 6) is 0. The van der Waals surface area contributed by atoms with Crippen LogP contribution in [0.25, 0.3) is 10.9 Å². The number of fused-ring (bicyclic) bond motifs is 1. The highest BCUT2D eigenvalue weighted by Crippen LogP contribution is 2.34. The Morgan fingerprint density at radius 1 is 1.16 bits per heavy atom. The van der Waals surface area contributed by atoms with Gasteiger partial charge in [-0.3, -0.25) is 4.98 Å². The molecule has 0 aliphatic carbocycles. The lowest BCUT2D eigenvalue weighted by Crippen LogP contribution is -2.43. The first-order valence-corrected chi connectivity index (χ1v) is 7.06. The maximum Gasteiger partial charge on any atom is 0.0829 e. The highest BCUT2D eigenvalue weighted by Gasteiger charge is 2.17. The summed E-state index contributed by atoms with van der Waals surface area (Å²) in [5.41, 5.74) is 4.72. The van der Waals surface area contributed by atoms with Crippen LogP contribution < -0.4 is 10.2 Å². The maximum absolute atomic E-state index is 6.40. The molecule has 0 spiro atoms. The first-order chi connectivity index (χ1) is 9.16. The van der Waals surface area contributed by atoms with E-state index in [-0.39, 0.29) is 0 Å². The molecule has 0 radical (unpaired) electrons. The molecular weight excluding hydrogens is 258 g/mol. The lowest BCUT2D eigenvalue weighted by molar-refractivity contribution is 0.590. The van der Waals surface area contributed by atoms with Crippen molar-refractivity contribution in [3.63, 3.8) is 0 Å². The zero-order chi connectivity index (χ0) is 13.4. The monoisotopic (exact) mass is 275 g/mol. The molecule has 0 amide bonds. The molecule has 1 saturated heterocycles. The Hall–Kier alpha value is -1.32. The number of nitrogens with zero attached hydrogens (tertiary/aromatic N) is 2. The van der Waals surface area contributed by atoms with Crippen LogP contribution in [0.1, 0.15) is 11.1 Å². The minimum absolute atomic E-state index is 0.748. The highest BCUT2D eigenvalue weighted by atomic mass is 35.5. The van der Waals surface area contributed by atoms with Gasteiger partial charge in [0.15, 0.2) is 0 Å². The fourth-order valence-electron chi connectivity index (χ4n) is 2.62. The van der Waals surface area contributed by atoms with E-state index in [2.05, 4.69) is 41.2 Å². The average Bonchev–Trinajstić information content (AvgIpc) is 2.42. The topological polar surface area (TPSA) is 28.2 Å². The predicted octanol–water partition coefficient (Wildman–Crippen LogP) is 2.91. The standard InChI is InChI=1S/C15H18ClN3/c1-10-7-12-14(8-11(10)2)18-9-13(16)15(12)19-5-3-17-4-6-19/h7-9,17H,3-6H2,1-2H3. The Morgan fingerprint density at radius 2 is 1.84 bits per heavy atom. The van der Waals surface area contributed by atoms with Crippen LogP contribution in [0.4, 0.5) is 5.69 Å². The van der Waals surface area contributed by atoms with Crippen molar-refractivity contribution in [3.8, 4) is 0 Å². The Morgan fingerprint density at radius 3 is 2.58 bits per heavy atom. The summed E-state index contributed by atoms with van der Waals surface area (Å²) in [4.78, 5) is 6.82. The van der Waals surface area contributed by atoms with Crippen molar-refractivity contribution in [3.05, 3.63) is 34.5 Å². The SMILES string of the molecule is Cc1cc2ncc(Cl)c(N3CCNCC3)c2cc1C. The van der Waals surface area contributed by atoms with E-state index >= 15 is 0 Å². The number of hydrogen-bond acceptors (Lipinski definition) is 3. The van der Waals surface area contributed by atoms with Crippen LogP contribution in [0.2, 0.25) is 5.02 Å². The van der Waals surface area contributed by atoms with Gasteiger partial charge in [0, 0.05) is 37.8 Å². The molecule has 0 atom stereocenters. The second-order valence-electron chi connectivity index (χ2n) is 5.15. The second-order valence-corrected chi connectivity index (χ2v) is 5.55. The van der Waals surface area contributed by atoms with Crippen molar-refractivity contribution in [2.75, 3.05) is 31.1 Å². The number of hydrogen-bond donors (Lipinski definition) is 1. The summed E-state index contributed by atoms with van der Waals surface area (Å²) in [6.07, 6.45) is 1.77. The van der Waals surface area contributed by atoms with Gasteiger partial charge in [-0.15, -0.1) is 0 Å². The van der Waals surface area contributed by atoms with Gasteiger partial charge in [0.05, 0.1) is 16.2 Å². The fraction of sp³-hybridized carbons (Fsp3) is 0.400. The van der Waals surface area contributed by atoms with Crippen LogP contribution in [0.3, 0.4) is 0 Å². The minimum atomic E-state index is 0.748. The predicted molar refractivity (Wildman–Crippen MR) is 81.3 cm³/mol. The molecule has 0 unspecified atom stereocenters. The third kappa shape index (κ3) is 2.28. The summed E-state index contributed by atoms with van der Waals surface area (Å²) in [6.45, 7) is 8.25. The van der Waals surface area contributed by atoms with Crippen molar-refractivity contribution in [2.45, 2.75) is 13.8 Å². The quantitative estimate of drug-likeness (QED) is 0.867. The Bertz CT molecular complexity index is 618. The van der Waals surface area contributed by atoms with E-state index in [4.69, 9.17) is 11.6 Å². The molecule has 2 heterocycles. The van der Waals surface area contributed by atoms with E-state index in [1.165, 1.54) is 11.1 Å². The molecule has 1 aliphatic heterocycles. The van der Waals surface area contributed by atoms with Crippen molar-refractivity contribution < 1.29 is 0 Å². The van der Waals surface area contributed by atoms with Gasteiger partial charge >= 0.3 is 0 Å². The summed E-state index contributed by atoms with van der Waals surface area (Å²) in [6, 6.07) is 4.35. The van der Waals surface area contributed by atoms with E-state index in [0.29, 0.717) is 0 Å². The molecule has 4 heteroatoms. The number of nitrogens with one attached hydrogen (secondary N) is 1. The number of aromatic nitrogens is 1. The number of aryl methyl sites for hydroxylation is 2. The summed E-state index contributed by atoms with van der Waals surface area (Å²) >= 11 is 6.40. The number of piperazine rings is 1.